The van der Waals surface area contributed by atoms with E-state index < -0.39 is 0 Å². The normalized spacial score (nSPS) is 16.6. The number of benzene rings is 1. The SMILES string of the molecule is NCC(CN1CCc2ccccc2C1)c1ccncc1. The first-order chi connectivity index (χ1) is 9.86. The van der Waals surface area contributed by atoms with Gasteiger partial charge in [0.25, 0.3) is 0 Å². The van der Waals surface area contributed by atoms with Crippen LogP contribution < -0.4 is 5.73 Å². The second-order valence-electron chi connectivity index (χ2n) is 5.47. The Hall–Kier alpha value is -1.71. The molecule has 0 fully saturated rings. The van der Waals surface area contributed by atoms with Gasteiger partial charge in [-0.15, -0.1) is 0 Å². The maximum absolute atomic E-state index is 5.97. The van der Waals surface area contributed by atoms with Crippen LogP contribution in [0.2, 0.25) is 0 Å². The van der Waals surface area contributed by atoms with Crippen molar-refractivity contribution >= 4 is 0 Å². The highest BCUT2D eigenvalue weighted by Gasteiger charge is 2.19. The van der Waals surface area contributed by atoms with E-state index in [1.54, 1.807) is 0 Å². The van der Waals surface area contributed by atoms with Gasteiger partial charge in [-0.3, -0.25) is 9.88 Å². The molecule has 0 saturated carbocycles. The van der Waals surface area contributed by atoms with E-state index in [0.717, 1.165) is 26.1 Å². The third-order valence-corrected chi connectivity index (χ3v) is 4.15. The van der Waals surface area contributed by atoms with Gasteiger partial charge in [-0.25, -0.2) is 0 Å². The Labute approximate surface area is 120 Å². The van der Waals surface area contributed by atoms with Crippen LogP contribution in [0.4, 0.5) is 0 Å². The summed E-state index contributed by atoms with van der Waals surface area (Å²) in [6.45, 7) is 3.87. The van der Waals surface area contributed by atoms with E-state index in [2.05, 4.69) is 46.3 Å². The second-order valence-corrected chi connectivity index (χ2v) is 5.47. The Morgan fingerprint density at radius 2 is 1.85 bits per heavy atom. The van der Waals surface area contributed by atoms with Crippen molar-refractivity contribution in [1.82, 2.24) is 9.88 Å². The van der Waals surface area contributed by atoms with Gasteiger partial charge in [0.1, 0.15) is 0 Å². The Balaban J connectivity index is 1.69. The molecular formula is C17H21N3. The Bertz CT molecular complexity index is 553. The molecule has 104 valence electrons. The molecule has 3 nitrogen and oxygen atoms in total. The predicted octanol–water partition coefficient (Wildman–Crippen LogP) is 2.18. The quantitative estimate of drug-likeness (QED) is 0.923. The summed E-state index contributed by atoms with van der Waals surface area (Å²) in [5.74, 6) is 0.392. The van der Waals surface area contributed by atoms with E-state index >= 15 is 0 Å². The lowest BCUT2D eigenvalue weighted by Crippen LogP contribution is -2.35. The van der Waals surface area contributed by atoms with Crippen LogP contribution >= 0.6 is 0 Å². The molecule has 20 heavy (non-hydrogen) atoms. The molecule has 1 aromatic heterocycles. The van der Waals surface area contributed by atoms with E-state index in [-0.39, 0.29) is 0 Å². The summed E-state index contributed by atoms with van der Waals surface area (Å²) in [6, 6.07) is 12.9. The van der Waals surface area contributed by atoms with Crippen molar-refractivity contribution in [3.05, 3.63) is 65.5 Å². The molecule has 0 radical (unpaired) electrons. The van der Waals surface area contributed by atoms with Crippen molar-refractivity contribution in [3.8, 4) is 0 Å². The summed E-state index contributed by atoms with van der Waals surface area (Å²) in [6.07, 6.45) is 4.84. The second kappa shape index (κ2) is 6.16. The van der Waals surface area contributed by atoms with E-state index in [1.165, 1.54) is 16.7 Å². The summed E-state index contributed by atoms with van der Waals surface area (Å²) in [4.78, 5) is 6.60. The number of hydrogen-bond acceptors (Lipinski definition) is 3. The van der Waals surface area contributed by atoms with Gasteiger partial charge in [0.15, 0.2) is 0 Å². The third-order valence-electron chi connectivity index (χ3n) is 4.15. The maximum atomic E-state index is 5.97. The number of hydrogen-bond donors (Lipinski definition) is 1. The smallest absolute Gasteiger partial charge is 0.0270 e. The van der Waals surface area contributed by atoms with Crippen LogP contribution in [0.25, 0.3) is 0 Å². The van der Waals surface area contributed by atoms with Crippen LogP contribution in [0, 0.1) is 0 Å². The van der Waals surface area contributed by atoms with Gasteiger partial charge < -0.3 is 5.73 Å². The van der Waals surface area contributed by atoms with E-state index in [9.17, 15) is 0 Å². The van der Waals surface area contributed by atoms with Crippen LogP contribution in [0.1, 0.15) is 22.6 Å². The molecule has 3 rings (SSSR count). The fourth-order valence-corrected chi connectivity index (χ4v) is 2.97. The van der Waals surface area contributed by atoms with Crippen LogP contribution in [-0.4, -0.2) is 29.5 Å². The summed E-state index contributed by atoms with van der Waals surface area (Å²) >= 11 is 0. The van der Waals surface area contributed by atoms with Crippen molar-refractivity contribution in [2.24, 2.45) is 5.73 Å². The number of nitrogens with two attached hydrogens (primary N) is 1. The Kier molecular flexibility index (Phi) is 4.09. The highest BCUT2D eigenvalue weighted by atomic mass is 15.1. The number of fused-ring (bicyclic) bond motifs is 1. The molecule has 0 saturated heterocycles. The largest absolute Gasteiger partial charge is 0.330 e. The molecular weight excluding hydrogens is 246 g/mol. The van der Waals surface area contributed by atoms with Crippen molar-refractivity contribution in [2.45, 2.75) is 18.9 Å². The van der Waals surface area contributed by atoms with Gasteiger partial charge >= 0.3 is 0 Å². The summed E-state index contributed by atoms with van der Waals surface area (Å²) in [5.41, 5.74) is 10.2. The van der Waals surface area contributed by atoms with E-state index in [4.69, 9.17) is 5.73 Å². The van der Waals surface area contributed by atoms with Gasteiger partial charge in [-0.2, -0.15) is 0 Å². The minimum Gasteiger partial charge on any atom is -0.330 e. The summed E-state index contributed by atoms with van der Waals surface area (Å²) in [5, 5.41) is 0. The number of aromatic nitrogens is 1. The molecule has 1 aliphatic heterocycles. The van der Waals surface area contributed by atoms with Crippen molar-refractivity contribution in [2.75, 3.05) is 19.6 Å². The topological polar surface area (TPSA) is 42.1 Å². The van der Waals surface area contributed by atoms with Crippen LogP contribution in [-0.2, 0) is 13.0 Å². The number of pyridine rings is 1. The molecule has 0 amide bonds. The molecule has 1 atom stereocenters. The van der Waals surface area contributed by atoms with Gasteiger partial charge in [0.2, 0.25) is 0 Å². The molecule has 0 spiro atoms. The highest BCUT2D eigenvalue weighted by Crippen LogP contribution is 2.22. The average molecular weight is 267 g/mol. The fraction of sp³-hybridized carbons (Fsp3) is 0.353. The molecule has 2 heterocycles. The van der Waals surface area contributed by atoms with Gasteiger partial charge in [0.05, 0.1) is 0 Å². The minimum absolute atomic E-state index is 0.392. The molecule has 1 aromatic carbocycles. The zero-order valence-corrected chi connectivity index (χ0v) is 11.7. The predicted molar refractivity (Wildman–Crippen MR) is 81.5 cm³/mol. The first-order valence-corrected chi connectivity index (χ1v) is 7.26. The minimum atomic E-state index is 0.392. The summed E-state index contributed by atoms with van der Waals surface area (Å²) < 4.78 is 0. The molecule has 1 aliphatic rings. The average Bonchev–Trinajstić information content (AvgIpc) is 2.53. The third kappa shape index (κ3) is 2.89. The lowest BCUT2D eigenvalue weighted by Gasteiger charge is -2.31. The highest BCUT2D eigenvalue weighted by molar-refractivity contribution is 5.29. The van der Waals surface area contributed by atoms with Crippen LogP contribution in [0.5, 0.6) is 0 Å². The lowest BCUT2D eigenvalue weighted by molar-refractivity contribution is 0.239. The first-order valence-electron chi connectivity index (χ1n) is 7.26. The number of rotatable bonds is 4. The number of nitrogens with zero attached hydrogens (tertiary/aromatic N) is 2. The Morgan fingerprint density at radius 3 is 2.60 bits per heavy atom. The molecule has 0 bridgehead atoms. The molecule has 2 aromatic rings. The van der Waals surface area contributed by atoms with Crippen LogP contribution in [0.3, 0.4) is 0 Å². The first kappa shape index (κ1) is 13.3. The van der Waals surface area contributed by atoms with Gasteiger partial charge in [-0.05, 0) is 35.2 Å². The lowest BCUT2D eigenvalue weighted by atomic mass is 9.96. The molecule has 3 heteroatoms. The van der Waals surface area contributed by atoms with E-state index in [1.807, 2.05) is 12.4 Å². The van der Waals surface area contributed by atoms with Crippen molar-refractivity contribution < 1.29 is 0 Å². The fourth-order valence-electron chi connectivity index (χ4n) is 2.97. The van der Waals surface area contributed by atoms with Crippen molar-refractivity contribution in [1.29, 1.82) is 0 Å². The maximum Gasteiger partial charge on any atom is 0.0270 e. The zero-order valence-electron chi connectivity index (χ0n) is 11.7. The molecule has 1 unspecified atom stereocenters. The van der Waals surface area contributed by atoms with Gasteiger partial charge in [-0.1, -0.05) is 24.3 Å². The molecule has 2 N–H and O–H groups in total. The standard InChI is InChI=1S/C17H21N3/c18-11-17(15-5-8-19-9-6-15)13-20-10-7-14-3-1-2-4-16(14)12-20/h1-6,8-9,17H,7,10-13,18H2. The monoisotopic (exact) mass is 267 g/mol. The van der Waals surface area contributed by atoms with E-state index in [0.29, 0.717) is 12.5 Å². The Morgan fingerprint density at radius 1 is 1.10 bits per heavy atom. The zero-order chi connectivity index (χ0) is 13.8. The summed E-state index contributed by atoms with van der Waals surface area (Å²) in [7, 11) is 0. The van der Waals surface area contributed by atoms with Crippen molar-refractivity contribution in [3.63, 3.8) is 0 Å². The van der Waals surface area contributed by atoms with Crippen LogP contribution in [0.15, 0.2) is 48.8 Å². The van der Waals surface area contributed by atoms with Gasteiger partial charge in [0, 0.05) is 44.5 Å². The molecule has 0 aliphatic carbocycles.